The van der Waals surface area contributed by atoms with E-state index < -0.39 is 11.5 Å². The molecule has 1 aliphatic carbocycles. The van der Waals surface area contributed by atoms with Crippen molar-refractivity contribution in [1.82, 2.24) is 10.2 Å². The van der Waals surface area contributed by atoms with Crippen LogP contribution in [-0.4, -0.2) is 60.9 Å². The van der Waals surface area contributed by atoms with Crippen molar-refractivity contribution in [3.05, 3.63) is 0 Å². The number of ether oxygens (including phenoxy) is 1. The van der Waals surface area contributed by atoms with Crippen LogP contribution in [0.4, 0.5) is 0 Å². The third-order valence-corrected chi connectivity index (χ3v) is 4.98. The number of methoxy groups -OCH3 is 1. The van der Waals surface area contributed by atoms with E-state index in [0.29, 0.717) is 12.0 Å². The van der Waals surface area contributed by atoms with Crippen molar-refractivity contribution in [2.75, 3.05) is 33.4 Å². The minimum atomic E-state index is -0.692. The van der Waals surface area contributed by atoms with Gasteiger partial charge in [0.1, 0.15) is 5.54 Å². The van der Waals surface area contributed by atoms with Crippen molar-refractivity contribution in [3.63, 3.8) is 0 Å². The minimum Gasteiger partial charge on any atom is -0.480 e. The van der Waals surface area contributed by atoms with Gasteiger partial charge in [0.25, 0.3) is 0 Å². The second-order valence-corrected chi connectivity index (χ2v) is 6.25. The molecule has 0 spiro atoms. The van der Waals surface area contributed by atoms with Crippen LogP contribution in [0.2, 0.25) is 0 Å². The predicted molar refractivity (Wildman–Crippen MR) is 77.9 cm³/mol. The quantitative estimate of drug-likeness (QED) is 0.770. The molecule has 1 saturated heterocycles. The van der Waals surface area contributed by atoms with Gasteiger partial charge in [-0.15, -0.1) is 0 Å². The molecule has 0 aromatic rings. The Morgan fingerprint density at radius 2 is 2.10 bits per heavy atom. The summed E-state index contributed by atoms with van der Waals surface area (Å²) in [5, 5.41) is 12.7. The average molecular weight is 284 g/mol. The molecule has 2 rings (SSSR count). The average Bonchev–Trinajstić information content (AvgIpc) is 2.86. The molecule has 2 N–H and O–H groups in total. The molecule has 2 atom stereocenters. The first kappa shape index (κ1) is 15.7. The number of carbonyl (C=O) groups is 1. The van der Waals surface area contributed by atoms with Crippen LogP contribution in [0.1, 0.15) is 39.0 Å². The van der Waals surface area contributed by atoms with Crippen molar-refractivity contribution >= 4 is 5.97 Å². The third kappa shape index (κ3) is 3.32. The zero-order chi connectivity index (χ0) is 14.6. The fourth-order valence-corrected chi connectivity index (χ4v) is 3.82. The molecule has 1 saturated carbocycles. The fourth-order valence-electron chi connectivity index (χ4n) is 3.82. The van der Waals surface area contributed by atoms with E-state index in [4.69, 9.17) is 4.74 Å². The number of hydrogen-bond donors (Lipinski definition) is 2. The summed E-state index contributed by atoms with van der Waals surface area (Å²) in [4.78, 5) is 14.1. The molecule has 0 aromatic heterocycles. The molecule has 5 nitrogen and oxygen atoms in total. The number of nitrogens with zero attached hydrogens (tertiary/aromatic N) is 1. The summed E-state index contributed by atoms with van der Waals surface area (Å²) in [6.45, 7) is 5.72. The van der Waals surface area contributed by atoms with Crippen molar-refractivity contribution in [2.45, 2.75) is 50.6 Å². The van der Waals surface area contributed by atoms with E-state index in [9.17, 15) is 9.90 Å². The van der Waals surface area contributed by atoms with E-state index in [1.807, 2.05) is 6.92 Å². The second kappa shape index (κ2) is 6.87. The van der Waals surface area contributed by atoms with Gasteiger partial charge in [-0.25, -0.2) is 0 Å². The number of likely N-dealkylation sites (N-methyl/N-ethyl adjacent to an activating group) is 1. The van der Waals surface area contributed by atoms with E-state index >= 15 is 0 Å². The van der Waals surface area contributed by atoms with Crippen molar-refractivity contribution in [2.24, 2.45) is 5.92 Å². The van der Waals surface area contributed by atoms with Gasteiger partial charge < -0.3 is 20.1 Å². The van der Waals surface area contributed by atoms with E-state index in [0.717, 1.165) is 45.5 Å². The molecule has 1 heterocycles. The summed E-state index contributed by atoms with van der Waals surface area (Å²) in [6, 6.07) is 0.425. The molecule has 1 aliphatic heterocycles. The van der Waals surface area contributed by atoms with Crippen LogP contribution >= 0.6 is 0 Å². The van der Waals surface area contributed by atoms with Crippen LogP contribution in [0, 0.1) is 5.92 Å². The number of aliphatic carboxylic acids is 1. The number of piperidine rings is 1. The highest BCUT2D eigenvalue weighted by Crippen LogP contribution is 2.35. The lowest BCUT2D eigenvalue weighted by Gasteiger charge is -2.36. The highest BCUT2D eigenvalue weighted by molar-refractivity contribution is 5.79. The summed E-state index contributed by atoms with van der Waals surface area (Å²) >= 11 is 0. The van der Waals surface area contributed by atoms with Crippen LogP contribution in [0.3, 0.4) is 0 Å². The Balaban J connectivity index is 1.88. The van der Waals surface area contributed by atoms with Gasteiger partial charge in [0, 0.05) is 19.8 Å². The smallest absolute Gasteiger partial charge is 0.323 e. The van der Waals surface area contributed by atoms with Crippen molar-refractivity contribution < 1.29 is 14.6 Å². The highest BCUT2D eigenvalue weighted by Gasteiger charge is 2.46. The maximum Gasteiger partial charge on any atom is 0.323 e. The van der Waals surface area contributed by atoms with Crippen LogP contribution < -0.4 is 5.32 Å². The van der Waals surface area contributed by atoms with Gasteiger partial charge >= 0.3 is 5.97 Å². The van der Waals surface area contributed by atoms with Crippen LogP contribution in [0.15, 0.2) is 0 Å². The molecule has 116 valence electrons. The maximum atomic E-state index is 11.6. The van der Waals surface area contributed by atoms with Gasteiger partial charge in [-0.3, -0.25) is 4.79 Å². The molecule has 2 unspecified atom stereocenters. The summed E-state index contributed by atoms with van der Waals surface area (Å²) in [7, 11) is 1.76. The SMILES string of the molecule is CCNC1(C(=O)O)CCC(N2CCC(COC)CC2)C1. The molecule has 0 aromatic carbocycles. The lowest BCUT2D eigenvalue weighted by Crippen LogP contribution is -2.51. The molecule has 0 bridgehead atoms. The maximum absolute atomic E-state index is 11.6. The first-order valence-corrected chi connectivity index (χ1v) is 7.82. The van der Waals surface area contributed by atoms with Gasteiger partial charge in [0.2, 0.25) is 0 Å². The summed E-state index contributed by atoms with van der Waals surface area (Å²) in [5.41, 5.74) is -0.692. The van der Waals surface area contributed by atoms with Crippen LogP contribution in [0.25, 0.3) is 0 Å². The zero-order valence-electron chi connectivity index (χ0n) is 12.7. The minimum absolute atomic E-state index is 0.425. The Bertz CT molecular complexity index is 329. The van der Waals surface area contributed by atoms with E-state index in [-0.39, 0.29) is 0 Å². The number of likely N-dealkylation sites (tertiary alicyclic amines) is 1. The van der Waals surface area contributed by atoms with Gasteiger partial charge in [-0.05, 0) is 57.7 Å². The lowest BCUT2D eigenvalue weighted by molar-refractivity contribution is -0.144. The molecular formula is C15H28N2O3. The number of carboxylic acid groups (broad SMARTS) is 1. The number of carboxylic acids is 1. The van der Waals surface area contributed by atoms with E-state index in [1.165, 1.54) is 12.8 Å². The van der Waals surface area contributed by atoms with Crippen molar-refractivity contribution in [3.8, 4) is 0 Å². The normalized spacial score (nSPS) is 32.6. The van der Waals surface area contributed by atoms with Crippen molar-refractivity contribution in [1.29, 1.82) is 0 Å². The topological polar surface area (TPSA) is 61.8 Å². The summed E-state index contributed by atoms with van der Waals surface area (Å²) in [5.74, 6) is -0.00762. The molecule has 5 heteroatoms. The Labute approximate surface area is 121 Å². The van der Waals surface area contributed by atoms with Gasteiger partial charge in [0.15, 0.2) is 0 Å². The second-order valence-electron chi connectivity index (χ2n) is 6.25. The van der Waals surface area contributed by atoms with E-state index in [1.54, 1.807) is 7.11 Å². The molecular weight excluding hydrogens is 256 g/mol. The monoisotopic (exact) mass is 284 g/mol. The standard InChI is InChI=1S/C15H28N2O3/c1-3-16-15(14(18)19)7-4-13(10-15)17-8-5-12(6-9-17)11-20-2/h12-13,16H,3-11H2,1-2H3,(H,18,19). The Morgan fingerprint density at radius 3 is 2.65 bits per heavy atom. The zero-order valence-corrected chi connectivity index (χ0v) is 12.7. The number of nitrogens with one attached hydrogen (secondary N) is 1. The van der Waals surface area contributed by atoms with E-state index in [2.05, 4.69) is 10.2 Å². The van der Waals surface area contributed by atoms with Gasteiger partial charge in [0.05, 0.1) is 0 Å². The fraction of sp³-hybridized carbons (Fsp3) is 0.933. The lowest BCUT2D eigenvalue weighted by atomic mass is 9.94. The van der Waals surface area contributed by atoms with Gasteiger partial charge in [-0.1, -0.05) is 6.92 Å². The first-order chi connectivity index (χ1) is 9.61. The van der Waals surface area contributed by atoms with Gasteiger partial charge in [-0.2, -0.15) is 0 Å². The predicted octanol–water partition coefficient (Wildman–Crippen LogP) is 1.33. The molecule has 0 radical (unpaired) electrons. The molecule has 2 fully saturated rings. The molecule has 20 heavy (non-hydrogen) atoms. The Morgan fingerprint density at radius 1 is 1.40 bits per heavy atom. The summed E-state index contributed by atoms with van der Waals surface area (Å²) in [6.07, 6.45) is 4.83. The molecule has 0 amide bonds. The summed E-state index contributed by atoms with van der Waals surface area (Å²) < 4.78 is 5.23. The Kier molecular flexibility index (Phi) is 5.41. The highest BCUT2D eigenvalue weighted by atomic mass is 16.5. The first-order valence-electron chi connectivity index (χ1n) is 7.82. The number of hydrogen-bond acceptors (Lipinski definition) is 4. The number of rotatable bonds is 6. The Hall–Kier alpha value is -0.650. The largest absolute Gasteiger partial charge is 0.480 e. The van der Waals surface area contributed by atoms with Crippen LogP contribution in [0.5, 0.6) is 0 Å². The molecule has 2 aliphatic rings. The third-order valence-electron chi connectivity index (χ3n) is 4.98. The van der Waals surface area contributed by atoms with Crippen LogP contribution in [-0.2, 0) is 9.53 Å².